The molecule has 0 fully saturated rings. The van der Waals surface area contributed by atoms with Crippen LogP contribution in [0.25, 0.3) is 0 Å². The average Bonchev–Trinajstić information content (AvgIpc) is 2.22. The molecule has 18 heavy (non-hydrogen) atoms. The number of amides is 1. The van der Waals surface area contributed by atoms with Crippen molar-refractivity contribution in [3.8, 4) is 0 Å². The van der Waals surface area contributed by atoms with Gasteiger partial charge < -0.3 is 16.2 Å². The number of carboxylic acid groups (broad SMARTS) is 1. The Kier molecular flexibility index (Phi) is 7.59. The van der Waals surface area contributed by atoms with Crippen LogP contribution in [0, 0.1) is 17.8 Å². The molecule has 0 aliphatic heterocycles. The van der Waals surface area contributed by atoms with E-state index in [1.165, 1.54) is 0 Å². The molecule has 0 radical (unpaired) electrons. The van der Waals surface area contributed by atoms with Crippen molar-refractivity contribution in [3.05, 3.63) is 0 Å². The molecule has 0 aromatic rings. The maximum absolute atomic E-state index is 11.7. The lowest BCUT2D eigenvalue weighted by atomic mass is 9.94. The minimum absolute atomic E-state index is 0.0363. The van der Waals surface area contributed by atoms with Gasteiger partial charge in [-0.1, -0.05) is 27.7 Å². The first-order chi connectivity index (χ1) is 8.23. The molecule has 0 bridgehead atoms. The Morgan fingerprint density at radius 2 is 1.78 bits per heavy atom. The third-order valence-corrected chi connectivity index (χ3v) is 2.85. The lowest BCUT2D eigenvalue weighted by Crippen LogP contribution is -2.45. The molecule has 5 heteroatoms. The zero-order chi connectivity index (χ0) is 14.3. The number of nitrogens with two attached hydrogens (primary N) is 1. The van der Waals surface area contributed by atoms with E-state index in [4.69, 9.17) is 10.8 Å². The molecule has 0 saturated carbocycles. The number of hydrogen-bond acceptors (Lipinski definition) is 3. The topological polar surface area (TPSA) is 92.4 Å². The fourth-order valence-electron chi connectivity index (χ4n) is 1.82. The highest BCUT2D eigenvalue weighted by Crippen LogP contribution is 2.14. The van der Waals surface area contributed by atoms with Crippen LogP contribution in [0.4, 0.5) is 0 Å². The van der Waals surface area contributed by atoms with Crippen molar-refractivity contribution < 1.29 is 14.7 Å². The Morgan fingerprint density at radius 3 is 2.17 bits per heavy atom. The number of nitrogens with one attached hydrogen (secondary N) is 1. The average molecular weight is 258 g/mol. The molecule has 0 saturated heterocycles. The molecule has 0 heterocycles. The van der Waals surface area contributed by atoms with Gasteiger partial charge in [-0.3, -0.25) is 9.59 Å². The predicted molar refractivity (Wildman–Crippen MR) is 71.0 cm³/mol. The molecule has 0 aliphatic carbocycles. The molecule has 0 aromatic heterocycles. The Hall–Kier alpha value is -1.10. The quantitative estimate of drug-likeness (QED) is 0.610. The third kappa shape index (κ3) is 7.27. The maximum atomic E-state index is 11.7. The van der Waals surface area contributed by atoms with Crippen molar-refractivity contribution in [2.75, 3.05) is 6.54 Å². The number of aliphatic carboxylic acids is 1. The van der Waals surface area contributed by atoms with Crippen LogP contribution < -0.4 is 11.1 Å². The van der Waals surface area contributed by atoms with E-state index in [2.05, 4.69) is 5.32 Å². The van der Waals surface area contributed by atoms with Crippen molar-refractivity contribution in [3.63, 3.8) is 0 Å². The molecular formula is C13H26N2O3. The molecule has 4 N–H and O–H groups in total. The predicted octanol–water partition coefficient (Wildman–Crippen LogP) is 1.22. The van der Waals surface area contributed by atoms with E-state index < -0.39 is 12.0 Å². The second-order valence-corrected chi connectivity index (χ2v) is 5.61. The van der Waals surface area contributed by atoms with Gasteiger partial charge in [-0.2, -0.15) is 0 Å². The van der Waals surface area contributed by atoms with Crippen LogP contribution in [0.5, 0.6) is 0 Å². The number of rotatable bonds is 8. The number of hydrogen-bond donors (Lipinski definition) is 3. The highest BCUT2D eigenvalue weighted by molar-refractivity contribution is 5.81. The minimum atomic E-state index is -0.831. The second kappa shape index (κ2) is 8.08. The second-order valence-electron chi connectivity index (χ2n) is 5.61. The van der Waals surface area contributed by atoms with Gasteiger partial charge in [-0.05, 0) is 24.2 Å². The Bertz CT molecular complexity index is 277. The smallest absolute Gasteiger partial charge is 0.303 e. The highest BCUT2D eigenvalue weighted by Gasteiger charge is 2.20. The molecule has 0 rings (SSSR count). The van der Waals surface area contributed by atoms with Gasteiger partial charge in [-0.25, -0.2) is 0 Å². The fourth-order valence-corrected chi connectivity index (χ4v) is 1.82. The Labute approximate surface area is 109 Å². The molecule has 0 aliphatic rings. The van der Waals surface area contributed by atoms with Crippen LogP contribution in [0.15, 0.2) is 0 Å². The summed E-state index contributed by atoms with van der Waals surface area (Å²) in [5, 5.41) is 11.6. The van der Waals surface area contributed by atoms with Gasteiger partial charge in [0.25, 0.3) is 0 Å². The van der Waals surface area contributed by atoms with Crippen molar-refractivity contribution in [2.45, 2.75) is 46.6 Å². The largest absolute Gasteiger partial charge is 0.481 e. The van der Waals surface area contributed by atoms with Crippen LogP contribution in [-0.2, 0) is 9.59 Å². The van der Waals surface area contributed by atoms with E-state index in [1.807, 2.05) is 27.7 Å². The molecular weight excluding hydrogens is 232 g/mol. The van der Waals surface area contributed by atoms with Gasteiger partial charge in [0.2, 0.25) is 5.91 Å². The molecule has 1 unspecified atom stereocenters. The zero-order valence-electron chi connectivity index (χ0n) is 11.8. The highest BCUT2D eigenvalue weighted by atomic mass is 16.4. The number of carbonyl (C=O) groups is 2. The van der Waals surface area contributed by atoms with Crippen LogP contribution in [0.1, 0.15) is 40.5 Å². The lowest BCUT2D eigenvalue weighted by molar-refractivity contribution is -0.138. The molecule has 106 valence electrons. The third-order valence-electron chi connectivity index (χ3n) is 2.85. The van der Waals surface area contributed by atoms with E-state index >= 15 is 0 Å². The Morgan fingerprint density at radius 1 is 1.22 bits per heavy atom. The summed E-state index contributed by atoms with van der Waals surface area (Å²) in [4.78, 5) is 22.4. The molecule has 2 atom stereocenters. The summed E-state index contributed by atoms with van der Waals surface area (Å²) >= 11 is 0. The first kappa shape index (κ1) is 16.9. The van der Waals surface area contributed by atoms with Gasteiger partial charge in [0.15, 0.2) is 0 Å². The SMILES string of the molecule is CC(C)CC(CNC(=O)[C@@H](N)C(C)C)CC(=O)O. The van der Waals surface area contributed by atoms with Crippen molar-refractivity contribution in [2.24, 2.45) is 23.5 Å². The normalized spacial score (nSPS) is 14.6. The van der Waals surface area contributed by atoms with Gasteiger partial charge in [0.05, 0.1) is 6.04 Å². The van der Waals surface area contributed by atoms with Crippen LogP contribution in [0.2, 0.25) is 0 Å². The van der Waals surface area contributed by atoms with E-state index in [0.29, 0.717) is 12.5 Å². The first-order valence-electron chi connectivity index (χ1n) is 6.49. The van der Waals surface area contributed by atoms with E-state index in [0.717, 1.165) is 6.42 Å². The summed E-state index contributed by atoms with van der Waals surface area (Å²) in [6, 6.07) is -0.533. The molecule has 1 amide bonds. The summed E-state index contributed by atoms with van der Waals surface area (Å²) in [5.74, 6) is -0.587. The zero-order valence-corrected chi connectivity index (χ0v) is 11.8. The minimum Gasteiger partial charge on any atom is -0.481 e. The first-order valence-corrected chi connectivity index (χ1v) is 6.49. The standard InChI is InChI=1S/C13H26N2O3/c1-8(2)5-10(6-11(16)17)7-15-13(18)12(14)9(3)4/h8-10,12H,5-7,14H2,1-4H3,(H,15,18)(H,16,17)/t10?,12-/m0/s1. The fraction of sp³-hybridized carbons (Fsp3) is 0.846. The number of carbonyl (C=O) groups excluding carboxylic acids is 1. The molecule has 0 spiro atoms. The monoisotopic (exact) mass is 258 g/mol. The van der Waals surface area contributed by atoms with Gasteiger partial charge >= 0.3 is 5.97 Å². The van der Waals surface area contributed by atoms with Crippen molar-refractivity contribution >= 4 is 11.9 Å². The maximum Gasteiger partial charge on any atom is 0.303 e. The van der Waals surface area contributed by atoms with Crippen LogP contribution in [-0.4, -0.2) is 29.6 Å². The summed E-state index contributed by atoms with van der Waals surface area (Å²) in [5.41, 5.74) is 5.72. The lowest BCUT2D eigenvalue weighted by Gasteiger charge is -2.20. The molecule has 0 aromatic carbocycles. The number of carboxylic acids is 1. The van der Waals surface area contributed by atoms with Crippen molar-refractivity contribution in [1.29, 1.82) is 0 Å². The van der Waals surface area contributed by atoms with Gasteiger partial charge in [-0.15, -0.1) is 0 Å². The van der Waals surface area contributed by atoms with E-state index in [-0.39, 0.29) is 24.2 Å². The van der Waals surface area contributed by atoms with E-state index in [1.54, 1.807) is 0 Å². The van der Waals surface area contributed by atoms with Crippen LogP contribution >= 0.6 is 0 Å². The summed E-state index contributed by atoms with van der Waals surface area (Å²) < 4.78 is 0. The summed E-state index contributed by atoms with van der Waals surface area (Å²) in [7, 11) is 0. The summed E-state index contributed by atoms with van der Waals surface area (Å²) in [6.45, 7) is 8.22. The van der Waals surface area contributed by atoms with Gasteiger partial charge in [0, 0.05) is 13.0 Å². The summed E-state index contributed by atoms with van der Waals surface area (Å²) in [6.07, 6.45) is 0.860. The Balaban J connectivity index is 4.24. The van der Waals surface area contributed by atoms with Gasteiger partial charge in [0.1, 0.15) is 0 Å². The van der Waals surface area contributed by atoms with Crippen molar-refractivity contribution in [1.82, 2.24) is 5.32 Å². The van der Waals surface area contributed by atoms with Crippen LogP contribution in [0.3, 0.4) is 0 Å². The molecule has 5 nitrogen and oxygen atoms in total. The van der Waals surface area contributed by atoms with E-state index in [9.17, 15) is 9.59 Å².